The largest absolute Gasteiger partial charge is 0.480 e. The van der Waals surface area contributed by atoms with Crippen LogP contribution in [-0.2, 0) is 4.79 Å². The molecule has 16 heavy (non-hydrogen) atoms. The molecule has 1 rings (SSSR count). The highest BCUT2D eigenvalue weighted by Gasteiger charge is 2.25. The molecule has 0 saturated heterocycles. The van der Waals surface area contributed by atoms with Crippen LogP contribution in [0.5, 0.6) is 0 Å². The molecule has 0 aromatic carbocycles. The van der Waals surface area contributed by atoms with Gasteiger partial charge < -0.3 is 15.7 Å². The van der Waals surface area contributed by atoms with Gasteiger partial charge in [0.05, 0.1) is 0 Å². The first-order valence-corrected chi connectivity index (χ1v) is 5.82. The number of carbonyl (C=O) groups excluding carboxylic acids is 1. The number of amides is 2. The van der Waals surface area contributed by atoms with Crippen molar-refractivity contribution in [3.8, 4) is 0 Å². The predicted octanol–water partition coefficient (Wildman–Crippen LogP) is 1.34. The van der Waals surface area contributed by atoms with E-state index < -0.39 is 12.0 Å². The lowest BCUT2D eigenvalue weighted by Crippen LogP contribution is -2.47. The first-order chi connectivity index (χ1) is 7.52. The molecule has 0 aromatic heterocycles. The zero-order chi connectivity index (χ0) is 12.1. The van der Waals surface area contributed by atoms with Crippen LogP contribution in [0.1, 0.15) is 39.5 Å². The molecule has 1 unspecified atom stereocenters. The van der Waals surface area contributed by atoms with Crippen molar-refractivity contribution < 1.29 is 14.7 Å². The van der Waals surface area contributed by atoms with Crippen LogP contribution in [0.2, 0.25) is 0 Å². The Labute approximate surface area is 95.6 Å². The fraction of sp³-hybridized carbons (Fsp3) is 0.818. The Kier molecular flexibility index (Phi) is 4.58. The minimum Gasteiger partial charge on any atom is -0.480 e. The second-order valence-corrected chi connectivity index (χ2v) is 4.46. The van der Waals surface area contributed by atoms with Gasteiger partial charge in [0, 0.05) is 6.04 Å². The molecule has 0 radical (unpaired) electrons. The van der Waals surface area contributed by atoms with Crippen LogP contribution in [0.4, 0.5) is 4.79 Å². The first-order valence-electron chi connectivity index (χ1n) is 5.82. The topological polar surface area (TPSA) is 78.4 Å². The van der Waals surface area contributed by atoms with Crippen LogP contribution in [0.15, 0.2) is 0 Å². The standard InChI is InChI=1S/C11H20N2O3/c1-3-9(6-8-4-5-8)13-11(16)12-7(2)10(14)15/h7-9H,3-6H2,1-2H3,(H,14,15)(H2,12,13,16)/t7-,9?/m0/s1. The van der Waals surface area contributed by atoms with Crippen molar-refractivity contribution in [3.63, 3.8) is 0 Å². The highest BCUT2D eigenvalue weighted by Crippen LogP contribution is 2.33. The zero-order valence-electron chi connectivity index (χ0n) is 9.82. The van der Waals surface area contributed by atoms with E-state index in [1.807, 2.05) is 6.92 Å². The van der Waals surface area contributed by atoms with Gasteiger partial charge in [-0.1, -0.05) is 19.8 Å². The van der Waals surface area contributed by atoms with Crippen molar-refractivity contribution in [3.05, 3.63) is 0 Å². The molecule has 0 bridgehead atoms. The van der Waals surface area contributed by atoms with Crippen molar-refractivity contribution in [2.24, 2.45) is 5.92 Å². The number of carboxylic acids is 1. The number of aliphatic carboxylic acids is 1. The van der Waals surface area contributed by atoms with Crippen LogP contribution in [0, 0.1) is 5.92 Å². The smallest absolute Gasteiger partial charge is 0.325 e. The van der Waals surface area contributed by atoms with Gasteiger partial charge in [0.15, 0.2) is 0 Å². The molecule has 0 spiro atoms. The van der Waals surface area contributed by atoms with Gasteiger partial charge in [0.25, 0.3) is 0 Å². The van der Waals surface area contributed by atoms with E-state index in [4.69, 9.17) is 5.11 Å². The van der Waals surface area contributed by atoms with Crippen molar-refractivity contribution in [1.29, 1.82) is 0 Å². The second-order valence-electron chi connectivity index (χ2n) is 4.46. The summed E-state index contributed by atoms with van der Waals surface area (Å²) in [6, 6.07) is -1.07. The van der Waals surface area contributed by atoms with Crippen LogP contribution in [-0.4, -0.2) is 29.2 Å². The van der Waals surface area contributed by atoms with Gasteiger partial charge in [0.2, 0.25) is 0 Å². The van der Waals surface area contributed by atoms with Crippen molar-refractivity contribution >= 4 is 12.0 Å². The quantitative estimate of drug-likeness (QED) is 0.642. The molecule has 2 amide bonds. The molecule has 5 heteroatoms. The number of nitrogens with one attached hydrogen (secondary N) is 2. The van der Waals surface area contributed by atoms with E-state index in [2.05, 4.69) is 10.6 Å². The summed E-state index contributed by atoms with van der Waals surface area (Å²) >= 11 is 0. The third kappa shape index (κ3) is 4.51. The molecule has 0 aromatic rings. The number of hydrogen-bond acceptors (Lipinski definition) is 2. The van der Waals surface area contributed by atoms with E-state index in [0.717, 1.165) is 18.8 Å². The van der Waals surface area contributed by atoms with Crippen LogP contribution < -0.4 is 10.6 Å². The SMILES string of the molecule is CCC(CC1CC1)NC(=O)N[C@@H](C)C(=O)O. The molecule has 1 aliphatic rings. The lowest BCUT2D eigenvalue weighted by atomic mass is 10.1. The lowest BCUT2D eigenvalue weighted by molar-refractivity contribution is -0.138. The zero-order valence-corrected chi connectivity index (χ0v) is 9.82. The number of carboxylic acid groups (broad SMARTS) is 1. The highest BCUT2D eigenvalue weighted by molar-refractivity contribution is 5.82. The molecule has 92 valence electrons. The average molecular weight is 228 g/mol. The van der Waals surface area contributed by atoms with E-state index in [-0.39, 0.29) is 12.1 Å². The van der Waals surface area contributed by atoms with Gasteiger partial charge in [0.1, 0.15) is 6.04 Å². The summed E-state index contributed by atoms with van der Waals surface area (Å²) in [6.07, 6.45) is 4.40. The number of hydrogen-bond donors (Lipinski definition) is 3. The molecule has 0 heterocycles. The van der Waals surface area contributed by atoms with E-state index >= 15 is 0 Å². The summed E-state index contributed by atoms with van der Waals surface area (Å²) in [5, 5.41) is 13.8. The van der Waals surface area contributed by atoms with Gasteiger partial charge >= 0.3 is 12.0 Å². The average Bonchev–Trinajstić information content (AvgIpc) is 3.00. The maximum Gasteiger partial charge on any atom is 0.325 e. The Morgan fingerprint density at radius 2 is 2.00 bits per heavy atom. The Bertz CT molecular complexity index is 264. The highest BCUT2D eigenvalue weighted by atomic mass is 16.4. The Morgan fingerprint density at radius 3 is 2.44 bits per heavy atom. The number of carbonyl (C=O) groups is 2. The van der Waals surface area contributed by atoms with E-state index in [1.165, 1.54) is 19.8 Å². The minimum atomic E-state index is -1.02. The summed E-state index contributed by atoms with van der Waals surface area (Å²) in [5.74, 6) is -0.271. The summed E-state index contributed by atoms with van der Waals surface area (Å²) in [6.45, 7) is 3.47. The number of urea groups is 1. The third-order valence-electron chi connectivity index (χ3n) is 2.86. The molecule has 5 nitrogen and oxygen atoms in total. The van der Waals surface area contributed by atoms with E-state index in [1.54, 1.807) is 0 Å². The Hall–Kier alpha value is -1.26. The second kappa shape index (κ2) is 5.72. The van der Waals surface area contributed by atoms with Crippen LogP contribution >= 0.6 is 0 Å². The van der Waals surface area contributed by atoms with Gasteiger partial charge in [-0.2, -0.15) is 0 Å². The van der Waals surface area contributed by atoms with Gasteiger partial charge in [-0.15, -0.1) is 0 Å². The summed E-state index contributed by atoms with van der Waals surface area (Å²) < 4.78 is 0. The molecule has 0 aliphatic heterocycles. The van der Waals surface area contributed by atoms with Gasteiger partial charge in [-0.3, -0.25) is 4.79 Å². The van der Waals surface area contributed by atoms with Gasteiger partial charge in [-0.25, -0.2) is 4.79 Å². The molecule has 1 aliphatic carbocycles. The Morgan fingerprint density at radius 1 is 1.38 bits per heavy atom. The van der Waals surface area contributed by atoms with Gasteiger partial charge in [-0.05, 0) is 25.7 Å². The Balaban J connectivity index is 2.27. The van der Waals surface area contributed by atoms with Crippen molar-refractivity contribution in [2.75, 3.05) is 0 Å². The molecule has 1 fully saturated rings. The summed E-state index contributed by atoms with van der Waals surface area (Å²) in [5.41, 5.74) is 0. The van der Waals surface area contributed by atoms with E-state index in [0.29, 0.717) is 0 Å². The molecular weight excluding hydrogens is 208 g/mol. The molecule has 1 saturated carbocycles. The molecular formula is C11H20N2O3. The van der Waals surface area contributed by atoms with Crippen molar-refractivity contribution in [2.45, 2.75) is 51.6 Å². The van der Waals surface area contributed by atoms with Crippen LogP contribution in [0.25, 0.3) is 0 Å². The lowest BCUT2D eigenvalue weighted by Gasteiger charge is -2.18. The predicted molar refractivity (Wildman–Crippen MR) is 60.2 cm³/mol. The maximum absolute atomic E-state index is 11.4. The van der Waals surface area contributed by atoms with Crippen LogP contribution in [0.3, 0.4) is 0 Å². The first kappa shape index (κ1) is 12.8. The monoisotopic (exact) mass is 228 g/mol. The number of rotatable bonds is 6. The fourth-order valence-electron chi connectivity index (χ4n) is 1.57. The summed E-state index contributed by atoms with van der Waals surface area (Å²) in [4.78, 5) is 22.0. The summed E-state index contributed by atoms with van der Waals surface area (Å²) in [7, 11) is 0. The normalized spacial score (nSPS) is 18.6. The van der Waals surface area contributed by atoms with Crippen molar-refractivity contribution in [1.82, 2.24) is 10.6 Å². The molecule has 2 atom stereocenters. The molecule has 3 N–H and O–H groups in total. The fourth-order valence-corrected chi connectivity index (χ4v) is 1.57. The minimum absolute atomic E-state index is 0.161. The third-order valence-corrected chi connectivity index (χ3v) is 2.86. The maximum atomic E-state index is 11.4. The van der Waals surface area contributed by atoms with E-state index in [9.17, 15) is 9.59 Å².